The molecule has 0 saturated heterocycles. The molecule has 2 amide bonds. The summed E-state index contributed by atoms with van der Waals surface area (Å²) < 4.78 is 26.0. The maximum atomic E-state index is 13.2. The quantitative estimate of drug-likeness (QED) is 0.384. The Morgan fingerprint density at radius 3 is 2.26 bits per heavy atom. The largest absolute Gasteiger partial charge is 0.355 e. The Bertz CT molecular complexity index is 1180. The Morgan fingerprint density at radius 2 is 1.66 bits per heavy atom. The topological polar surface area (TPSA) is 86.8 Å². The summed E-state index contributed by atoms with van der Waals surface area (Å²) in [5.41, 5.74) is 0.935. The van der Waals surface area contributed by atoms with Gasteiger partial charge in [0.15, 0.2) is 0 Å². The molecule has 0 aliphatic carbocycles. The minimum atomic E-state index is -3.70. The lowest BCUT2D eigenvalue weighted by Gasteiger charge is -2.29. The van der Waals surface area contributed by atoms with Gasteiger partial charge in [-0.1, -0.05) is 52.5 Å². The summed E-state index contributed by atoms with van der Waals surface area (Å²) in [6.45, 7) is 3.97. The molecule has 0 spiro atoms. The third-order valence-electron chi connectivity index (χ3n) is 5.18. The first-order chi connectivity index (χ1) is 16.3. The van der Waals surface area contributed by atoms with Crippen molar-refractivity contribution in [3.63, 3.8) is 0 Å². The second-order valence-corrected chi connectivity index (χ2v) is 11.4. The van der Waals surface area contributed by atoms with Crippen LogP contribution in [0.2, 0.25) is 20.1 Å². The molecule has 0 radical (unpaired) electrons. The number of hydrogen-bond acceptors (Lipinski definition) is 4. The lowest BCUT2D eigenvalue weighted by molar-refractivity contribution is -0.140. The third kappa shape index (κ3) is 8.43. The van der Waals surface area contributed by atoms with E-state index in [1.165, 1.54) is 17.0 Å². The molecule has 2 aromatic carbocycles. The number of carbonyl (C=O) groups is 2. The highest BCUT2D eigenvalue weighted by Gasteiger charge is 2.27. The molecule has 0 aromatic heterocycles. The van der Waals surface area contributed by atoms with E-state index >= 15 is 0 Å². The number of carbonyl (C=O) groups excluding carboxylic acids is 2. The Morgan fingerprint density at radius 1 is 1.00 bits per heavy atom. The van der Waals surface area contributed by atoms with Crippen LogP contribution in [0.4, 0.5) is 5.69 Å². The molecule has 0 heterocycles. The molecule has 2 aromatic rings. The van der Waals surface area contributed by atoms with Gasteiger partial charge in [-0.05, 0) is 56.2 Å². The van der Waals surface area contributed by atoms with Crippen LogP contribution in [0, 0.1) is 0 Å². The average Bonchev–Trinajstić information content (AvgIpc) is 2.78. The fourth-order valence-electron chi connectivity index (χ4n) is 3.40. The highest BCUT2D eigenvalue weighted by Crippen LogP contribution is 2.31. The van der Waals surface area contributed by atoms with Crippen molar-refractivity contribution >= 4 is 73.9 Å². The smallest absolute Gasteiger partial charge is 0.242 e. The Hall–Kier alpha value is -1.71. The van der Waals surface area contributed by atoms with Gasteiger partial charge in [-0.3, -0.25) is 13.9 Å². The minimum absolute atomic E-state index is 0.000780. The van der Waals surface area contributed by atoms with Crippen LogP contribution in [0.5, 0.6) is 0 Å². The molecule has 0 bridgehead atoms. The molecule has 1 unspecified atom stereocenters. The van der Waals surface area contributed by atoms with Crippen LogP contribution in [0.3, 0.4) is 0 Å². The van der Waals surface area contributed by atoms with Crippen LogP contribution >= 0.6 is 46.4 Å². The van der Waals surface area contributed by atoms with Crippen molar-refractivity contribution in [2.75, 3.05) is 23.7 Å². The molecule has 0 aliphatic heterocycles. The number of nitrogens with one attached hydrogen (secondary N) is 1. The summed E-state index contributed by atoms with van der Waals surface area (Å²) in [6, 6.07) is 8.76. The van der Waals surface area contributed by atoms with Gasteiger partial charge >= 0.3 is 0 Å². The number of amides is 2. The summed E-state index contributed by atoms with van der Waals surface area (Å²) in [5.74, 6) is -0.621. The molecular weight excluding hydrogens is 556 g/mol. The van der Waals surface area contributed by atoms with Crippen molar-refractivity contribution in [1.82, 2.24) is 10.2 Å². The van der Waals surface area contributed by atoms with Crippen molar-refractivity contribution in [3.8, 4) is 0 Å². The Kier molecular flexibility index (Phi) is 11.0. The summed E-state index contributed by atoms with van der Waals surface area (Å²) in [4.78, 5) is 27.1. The second kappa shape index (κ2) is 13.0. The highest BCUT2D eigenvalue weighted by atomic mass is 35.5. The number of likely N-dealkylation sites (N-methyl/N-ethyl adjacent to an activating group) is 1. The first-order valence-corrected chi connectivity index (χ1v) is 14.1. The normalized spacial score (nSPS) is 12.2. The third-order valence-corrected chi connectivity index (χ3v) is 7.66. The van der Waals surface area contributed by atoms with Crippen molar-refractivity contribution < 1.29 is 18.0 Å². The van der Waals surface area contributed by atoms with E-state index < -0.39 is 16.1 Å². The van der Waals surface area contributed by atoms with E-state index in [2.05, 4.69) is 5.32 Å². The van der Waals surface area contributed by atoms with Crippen molar-refractivity contribution in [3.05, 3.63) is 62.1 Å². The lowest BCUT2D eigenvalue weighted by atomic mass is 10.1. The van der Waals surface area contributed by atoms with Crippen LogP contribution in [-0.2, 0) is 26.2 Å². The molecule has 7 nitrogen and oxygen atoms in total. The van der Waals surface area contributed by atoms with Gasteiger partial charge in [-0.15, -0.1) is 0 Å². The van der Waals surface area contributed by atoms with Crippen molar-refractivity contribution in [2.24, 2.45) is 0 Å². The number of halogens is 4. The lowest BCUT2D eigenvalue weighted by Crippen LogP contribution is -2.47. The summed E-state index contributed by atoms with van der Waals surface area (Å²) in [7, 11) is -3.70. The van der Waals surface area contributed by atoms with Gasteiger partial charge in [0, 0.05) is 31.1 Å². The molecule has 35 heavy (non-hydrogen) atoms. The van der Waals surface area contributed by atoms with Crippen LogP contribution in [0.15, 0.2) is 36.4 Å². The van der Waals surface area contributed by atoms with Crippen LogP contribution in [-0.4, -0.2) is 50.5 Å². The van der Waals surface area contributed by atoms with Crippen LogP contribution < -0.4 is 9.62 Å². The molecule has 12 heteroatoms. The fraction of sp³-hybridized carbons (Fsp3) is 0.391. The van der Waals surface area contributed by atoms with E-state index in [9.17, 15) is 18.0 Å². The standard InChI is InChI=1S/C23H27Cl4N3O4S/c1-4-28-23(32)15(2)29(14-16-7-9-18(25)20(27)12-16)22(31)6-5-11-30(35(3,33)34)21-13-17(24)8-10-19(21)26/h7-10,12-13,15H,4-6,11,14H2,1-3H3,(H,28,32). The van der Waals surface area contributed by atoms with E-state index in [0.717, 1.165) is 10.6 Å². The number of sulfonamides is 1. The van der Waals surface area contributed by atoms with Crippen LogP contribution in [0.25, 0.3) is 0 Å². The minimum Gasteiger partial charge on any atom is -0.355 e. The number of rotatable bonds is 11. The molecule has 0 saturated carbocycles. The first kappa shape index (κ1) is 29.5. The summed E-state index contributed by atoms with van der Waals surface area (Å²) in [6.07, 6.45) is 1.24. The van der Waals surface area contributed by atoms with Gasteiger partial charge in [0.05, 0.1) is 27.0 Å². The van der Waals surface area contributed by atoms with E-state index in [-0.39, 0.29) is 48.5 Å². The van der Waals surface area contributed by atoms with E-state index in [1.54, 1.807) is 38.1 Å². The number of nitrogens with zero attached hydrogens (tertiary/aromatic N) is 2. The number of anilines is 1. The predicted molar refractivity (Wildman–Crippen MR) is 143 cm³/mol. The fourth-order valence-corrected chi connectivity index (χ4v) is 5.12. The monoisotopic (exact) mass is 581 g/mol. The number of hydrogen-bond donors (Lipinski definition) is 1. The molecule has 2 rings (SSSR count). The van der Waals surface area contributed by atoms with E-state index in [1.807, 2.05) is 0 Å². The Labute approximate surface area is 226 Å². The van der Waals surface area contributed by atoms with Gasteiger partial charge in [0.1, 0.15) is 6.04 Å². The SMILES string of the molecule is CCNC(=O)C(C)N(Cc1ccc(Cl)c(Cl)c1)C(=O)CCCN(c1cc(Cl)ccc1Cl)S(C)(=O)=O. The van der Waals surface area contributed by atoms with E-state index in [4.69, 9.17) is 46.4 Å². The summed E-state index contributed by atoms with van der Waals surface area (Å²) >= 11 is 24.3. The predicted octanol–water partition coefficient (Wildman–Crippen LogP) is 5.40. The zero-order valence-electron chi connectivity index (χ0n) is 19.5. The van der Waals surface area contributed by atoms with E-state index in [0.29, 0.717) is 27.2 Å². The zero-order chi connectivity index (χ0) is 26.3. The molecule has 0 fully saturated rings. The molecule has 1 atom stereocenters. The van der Waals surface area contributed by atoms with Gasteiger partial charge in [-0.25, -0.2) is 8.42 Å². The van der Waals surface area contributed by atoms with Crippen LogP contribution in [0.1, 0.15) is 32.3 Å². The van der Waals surface area contributed by atoms with Gasteiger partial charge < -0.3 is 10.2 Å². The maximum absolute atomic E-state index is 13.2. The van der Waals surface area contributed by atoms with Crippen molar-refractivity contribution in [2.45, 2.75) is 39.3 Å². The van der Waals surface area contributed by atoms with Gasteiger partial charge in [-0.2, -0.15) is 0 Å². The Balaban J connectivity index is 2.21. The molecule has 192 valence electrons. The zero-order valence-corrected chi connectivity index (χ0v) is 23.4. The van der Waals surface area contributed by atoms with Gasteiger partial charge in [0.25, 0.3) is 0 Å². The molecule has 0 aliphatic rings. The van der Waals surface area contributed by atoms with Gasteiger partial charge in [0.2, 0.25) is 21.8 Å². The maximum Gasteiger partial charge on any atom is 0.242 e. The summed E-state index contributed by atoms with van der Waals surface area (Å²) in [5, 5.41) is 3.99. The molecular formula is C23H27Cl4N3O4S. The second-order valence-electron chi connectivity index (χ2n) is 7.88. The molecule has 1 N–H and O–H groups in total. The average molecular weight is 583 g/mol. The van der Waals surface area contributed by atoms with Crippen molar-refractivity contribution in [1.29, 1.82) is 0 Å². The number of benzene rings is 2. The highest BCUT2D eigenvalue weighted by molar-refractivity contribution is 7.92. The first-order valence-electron chi connectivity index (χ1n) is 10.8.